The standard InChI is InChI=1S/C17H30O3/c1-3-4-5-7-10-13-16(18)14-11-8-6-9-12-15-17(19)20-2/h11,14H,3-10,12-13,15H2,1-2H3/b14-11+. The van der Waals surface area contributed by atoms with Gasteiger partial charge in [-0.2, -0.15) is 0 Å². The Morgan fingerprint density at radius 1 is 0.900 bits per heavy atom. The van der Waals surface area contributed by atoms with Crippen LogP contribution in [0.15, 0.2) is 12.2 Å². The van der Waals surface area contributed by atoms with Crippen molar-refractivity contribution in [3.05, 3.63) is 12.2 Å². The van der Waals surface area contributed by atoms with Crippen molar-refractivity contribution in [3.8, 4) is 0 Å². The molecule has 0 saturated heterocycles. The summed E-state index contributed by atoms with van der Waals surface area (Å²) in [6.07, 6.45) is 14.6. The monoisotopic (exact) mass is 282 g/mol. The third kappa shape index (κ3) is 13.3. The van der Waals surface area contributed by atoms with E-state index < -0.39 is 0 Å². The smallest absolute Gasteiger partial charge is 0.305 e. The van der Waals surface area contributed by atoms with Crippen molar-refractivity contribution >= 4 is 11.8 Å². The zero-order chi connectivity index (χ0) is 15.1. The van der Waals surface area contributed by atoms with Crippen LogP contribution < -0.4 is 0 Å². The van der Waals surface area contributed by atoms with Crippen LogP contribution in [0.5, 0.6) is 0 Å². The number of ketones is 1. The normalized spacial score (nSPS) is 10.9. The van der Waals surface area contributed by atoms with Gasteiger partial charge in [-0.25, -0.2) is 0 Å². The van der Waals surface area contributed by atoms with Crippen LogP contribution in [0.1, 0.15) is 77.6 Å². The number of ether oxygens (including phenoxy) is 1. The minimum Gasteiger partial charge on any atom is -0.469 e. The lowest BCUT2D eigenvalue weighted by Crippen LogP contribution is -1.98. The molecular weight excluding hydrogens is 252 g/mol. The zero-order valence-electron chi connectivity index (χ0n) is 13.2. The predicted octanol–water partition coefficient (Wildman–Crippen LogP) is 4.60. The highest BCUT2D eigenvalue weighted by Gasteiger charge is 1.99. The van der Waals surface area contributed by atoms with Gasteiger partial charge in [0.15, 0.2) is 5.78 Å². The van der Waals surface area contributed by atoms with Gasteiger partial charge >= 0.3 is 5.97 Å². The van der Waals surface area contributed by atoms with Crippen LogP contribution in [-0.2, 0) is 14.3 Å². The summed E-state index contributed by atoms with van der Waals surface area (Å²) < 4.78 is 4.57. The second kappa shape index (κ2) is 14.3. The Kier molecular flexibility index (Phi) is 13.5. The molecule has 116 valence electrons. The number of methoxy groups -OCH3 is 1. The van der Waals surface area contributed by atoms with Gasteiger partial charge in [0.25, 0.3) is 0 Å². The number of hydrogen-bond donors (Lipinski definition) is 0. The summed E-state index contributed by atoms with van der Waals surface area (Å²) in [5.41, 5.74) is 0. The van der Waals surface area contributed by atoms with E-state index in [-0.39, 0.29) is 11.8 Å². The van der Waals surface area contributed by atoms with Crippen molar-refractivity contribution in [3.63, 3.8) is 0 Å². The third-order valence-electron chi connectivity index (χ3n) is 3.31. The fourth-order valence-electron chi connectivity index (χ4n) is 2.01. The maximum absolute atomic E-state index is 11.5. The molecule has 0 spiro atoms. The Hall–Kier alpha value is -1.12. The largest absolute Gasteiger partial charge is 0.469 e. The average Bonchev–Trinajstić information content (AvgIpc) is 2.45. The van der Waals surface area contributed by atoms with Gasteiger partial charge in [-0.3, -0.25) is 9.59 Å². The first-order valence-corrected chi connectivity index (χ1v) is 7.97. The van der Waals surface area contributed by atoms with Crippen LogP contribution in [0.2, 0.25) is 0 Å². The van der Waals surface area contributed by atoms with E-state index in [0.717, 1.165) is 32.1 Å². The van der Waals surface area contributed by atoms with Crippen LogP contribution in [0.25, 0.3) is 0 Å². The van der Waals surface area contributed by atoms with E-state index in [1.54, 1.807) is 6.08 Å². The highest BCUT2D eigenvalue weighted by Crippen LogP contribution is 2.07. The van der Waals surface area contributed by atoms with Gasteiger partial charge in [0.05, 0.1) is 7.11 Å². The molecule has 0 atom stereocenters. The quantitative estimate of drug-likeness (QED) is 0.282. The van der Waals surface area contributed by atoms with E-state index in [9.17, 15) is 9.59 Å². The molecule has 0 fully saturated rings. The fraction of sp³-hybridized carbons (Fsp3) is 0.765. The van der Waals surface area contributed by atoms with Gasteiger partial charge in [-0.15, -0.1) is 0 Å². The van der Waals surface area contributed by atoms with Crippen molar-refractivity contribution in [2.45, 2.75) is 77.6 Å². The van der Waals surface area contributed by atoms with Crippen LogP contribution in [-0.4, -0.2) is 18.9 Å². The number of esters is 1. The second-order valence-electron chi connectivity index (χ2n) is 5.21. The summed E-state index contributed by atoms with van der Waals surface area (Å²) in [5.74, 6) is 0.106. The zero-order valence-corrected chi connectivity index (χ0v) is 13.2. The van der Waals surface area contributed by atoms with Crippen LogP contribution in [0.3, 0.4) is 0 Å². The molecule has 0 saturated carbocycles. The van der Waals surface area contributed by atoms with Gasteiger partial charge < -0.3 is 4.74 Å². The highest BCUT2D eigenvalue weighted by atomic mass is 16.5. The molecule has 0 N–H and O–H groups in total. The lowest BCUT2D eigenvalue weighted by atomic mass is 10.1. The molecule has 3 heteroatoms. The molecular formula is C17H30O3. The van der Waals surface area contributed by atoms with E-state index in [0.29, 0.717) is 12.8 Å². The van der Waals surface area contributed by atoms with E-state index >= 15 is 0 Å². The minimum atomic E-state index is -0.140. The number of carbonyl (C=O) groups excluding carboxylic acids is 2. The molecule has 0 bridgehead atoms. The lowest BCUT2D eigenvalue weighted by Gasteiger charge is -1.99. The minimum absolute atomic E-state index is 0.140. The molecule has 3 nitrogen and oxygen atoms in total. The average molecular weight is 282 g/mol. The third-order valence-corrected chi connectivity index (χ3v) is 3.31. The number of allylic oxidation sites excluding steroid dienone is 2. The molecule has 0 aromatic carbocycles. The van der Waals surface area contributed by atoms with Gasteiger partial charge in [0, 0.05) is 12.8 Å². The molecule has 0 aliphatic heterocycles. The summed E-state index contributed by atoms with van der Waals surface area (Å²) in [4.78, 5) is 22.4. The first-order chi connectivity index (χ1) is 9.70. The molecule has 0 aromatic rings. The van der Waals surface area contributed by atoms with E-state index in [1.165, 1.54) is 32.8 Å². The number of carbonyl (C=O) groups is 2. The summed E-state index contributed by atoms with van der Waals surface area (Å²) >= 11 is 0. The molecule has 0 heterocycles. The Morgan fingerprint density at radius 2 is 1.55 bits per heavy atom. The Labute approximate surface area is 123 Å². The first-order valence-electron chi connectivity index (χ1n) is 7.97. The van der Waals surface area contributed by atoms with Crippen molar-refractivity contribution in [1.82, 2.24) is 0 Å². The van der Waals surface area contributed by atoms with Gasteiger partial charge in [-0.05, 0) is 31.8 Å². The van der Waals surface area contributed by atoms with Gasteiger partial charge in [-0.1, -0.05) is 45.1 Å². The van der Waals surface area contributed by atoms with Crippen molar-refractivity contribution < 1.29 is 14.3 Å². The van der Waals surface area contributed by atoms with Crippen molar-refractivity contribution in [1.29, 1.82) is 0 Å². The fourth-order valence-corrected chi connectivity index (χ4v) is 2.01. The summed E-state index contributed by atoms with van der Waals surface area (Å²) in [5, 5.41) is 0. The van der Waals surface area contributed by atoms with E-state index in [2.05, 4.69) is 11.7 Å². The predicted molar refractivity (Wildman–Crippen MR) is 82.6 cm³/mol. The molecule has 0 aliphatic carbocycles. The van der Waals surface area contributed by atoms with Gasteiger partial charge in [0.1, 0.15) is 0 Å². The Bertz CT molecular complexity index is 282. The van der Waals surface area contributed by atoms with Crippen LogP contribution in [0, 0.1) is 0 Å². The molecule has 0 amide bonds. The SMILES string of the molecule is CCCCCCCC(=O)/C=C/CCCCCC(=O)OC. The molecule has 0 aliphatic rings. The molecule has 0 radical (unpaired) electrons. The van der Waals surface area contributed by atoms with Crippen LogP contribution in [0.4, 0.5) is 0 Å². The molecule has 0 aromatic heterocycles. The van der Waals surface area contributed by atoms with E-state index in [1.807, 2.05) is 6.08 Å². The maximum Gasteiger partial charge on any atom is 0.305 e. The summed E-state index contributed by atoms with van der Waals surface area (Å²) in [6, 6.07) is 0. The lowest BCUT2D eigenvalue weighted by molar-refractivity contribution is -0.140. The molecule has 20 heavy (non-hydrogen) atoms. The summed E-state index contributed by atoms with van der Waals surface area (Å²) in [6.45, 7) is 2.19. The first kappa shape index (κ1) is 18.9. The maximum atomic E-state index is 11.5. The number of rotatable bonds is 13. The van der Waals surface area contributed by atoms with Crippen LogP contribution >= 0.6 is 0 Å². The van der Waals surface area contributed by atoms with Gasteiger partial charge in [0.2, 0.25) is 0 Å². The topological polar surface area (TPSA) is 43.4 Å². The Balaban J connectivity index is 3.36. The molecule has 0 rings (SSSR count). The highest BCUT2D eigenvalue weighted by molar-refractivity contribution is 5.89. The second-order valence-corrected chi connectivity index (χ2v) is 5.21. The Morgan fingerprint density at radius 3 is 2.25 bits per heavy atom. The molecule has 0 unspecified atom stereocenters. The number of unbranched alkanes of at least 4 members (excludes halogenated alkanes) is 7. The number of hydrogen-bond acceptors (Lipinski definition) is 3. The van der Waals surface area contributed by atoms with Crippen molar-refractivity contribution in [2.24, 2.45) is 0 Å². The van der Waals surface area contributed by atoms with Crippen molar-refractivity contribution in [2.75, 3.05) is 7.11 Å². The summed E-state index contributed by atoms with van der Waals surface area (Å²) in [7, 11) is 1.42. The van der Waals surface area contributed by atoms with E-state index in [4.69, 9.17) is 0 Å².